The van der Waals surface area contributed by atoms with Crippen LogP contribution in [0.3, 0.4) is 0 Å². The monoisotopic (exact) mass is 277 g/mol. The van der Waals surface area contributed by atoms with E-state index in [0.717, 1.165) is 6.07 Å². The van der Waals surface area contributed by atoms with Crippen LogP contribution in [0.15, 0.2) is 36.4 Å². The molecule has 1 N–H and O–H groups in total. The molecule has 0 saturated carbocycles. The van der Waals surface area contributed by atoms with E-state index in [0.29, 0.717) is 16.9 Å². The minimum Gasteiger partial charge on any atom is -0.508 e. The Hall–Kier alpha value is -2.63. The highest BCUT2D eigenvalue weighted by Crippen LogP contribution is 2.27. The van der Waals surface area contributed by atoms with E-state index in [4.69, 9.17) is 4.74 Å². The van der Waals surface area contributed by atoms with Gasteiger partial charge in [0.05, 0.1) is 11.0 Å². The molecule has 0 bridgehead atoms. The fourth-order valence-electron chi connectivity index (χ4n) is 1.74. The van der Waals surface area contributed by atoms with Crippen LogP contribution < -0.4 is 4.74 Å². The molecule has 0 atom stereocenters. The molecule has 0 fully saturated rings. The molecule has 20 heavy (non-hydrogen) atoms. The second-order valence-corrected chi connectivity index (χ2v) is 4.26. The Kier molecular flexibility index (Phi) is 3.84. The Morgan fingerprint density at radius 3 is 2.80 bits per heavy atom. The summed E-state index contributed by atoms with van der Waals surface area (Å²) in [6.45, 7) is 1.65. The summed E-state index contributed by atoms with van der Waals surface area (Å²) >= 11 is 0. The van der Waals surface area contributed by atoms with Crippen LogP contribution in [-0.4, -0.2) is 10.0 Å². The normalized spacial score (nSPS) is 10.3. The highest BCUT2D eigenvalue weighted by molar-refractivity contribution is 5.43. The Morgan fingerprint density at radius 1 is 1.35 bits per heavy atom. The number of phenolic OH excluding ortho intramolecular Hbond substituents is 1. The zero-order valence-corrected chi connectivity index (χ0v) is 10.7. The quantitative estimate of drug-likeness (QED) is 0.687. The van der Waals surface area contributed by atoms with Gasteiger partial charge < -0.3 is 9.84 Å². The van der Waals surface area contributed by atoms with E-state index in [2.05, 4.69) is 0 Å². The largest absolute Gasteiger partial charge is 0.508 e. The van der Waals surface area contributed by atoms with Crippen molar-refractivity contribution in [3.8, 4) is 11.5 Å². The standard InChI is InChI=1S/C14H12FNO4/c1-9-13(17)3-2-4-14(9)20-8-10-5-11(15)7-12(6-10)16(18)19/h2-7,17H,8H2,1H3. The molecule has 0 aliphatic rings. The number of rotatable bonds is 4. The number of nitro benzene ring substituents is 1. The fraction of sp³-hybridized carbons (Fsp3) is 0.143. The maximum atomic E-state index is 13.3. The van der Waals surface area contributed by atoms with Crippen LogP contribution in [0.1, 0.15) is 11.1 Å². The highest BCUT2D eigenvalue weighted by atomic mass is 19.1. The van der Waals surface area contributed by atoms with Crippen LogP contribution >= 0.6 is 0 Å². The maximum Gasteiger partial charge on any atom is 0.272 e. The van der Waals surface area contributed by atoms with Gasteiger partial charge in [0.15, 0.2) is 0 Å². The molecule has 0 radical (unpaired) electrons. The number of aromatic hydroxyl groups is 1. The second-order valence-electron chi connectivity index (χ2n) is 4.26. The zero-order chi connectivity index (χ0) is 14.7. The van der Waals surface area contributed by atoms with Crippen molar-refractivity contribution in [1.82, 2.24) is 0 Å². The number of nitrogens with zero attached hydrogens (tertiary/aromatic N) is 1. The molecule has 0 amide bonds. The second kappa shape index (κ2) is 5.56. The van der Waals surface area contributed by atoms with E-state index in [9.17, 15) is 19.6 Å². The van der Waals surface area contributed by atoms with Crippen molar-refractivity contribution in [2.24, 2.45) is 0 Å². The summed E-state index contributed by atoms with van der Waals surface area (Å²) in [5.74, 6) is -0.157. The SMILES string of the molecule is Cc1c(O)cccc1OCc1cc(F)cc([N+](=O)[O-])c1. The van der Waals surface area contributed by atoms with Crippen LogP contribution in [0.4, 0.5) is 10.1 Å². The predicted molar refractivity (Wildman–Crippen MR) is 70.2 cm³/mol. The van der Waals surface area contributed by atoms with Gasteiger partial charge in [0, 0.05) is 11.6 Å². The topological polar surface area (TPSA) is 72.6 Å². The summed E-state index contributed by atoms with van der Waals surface area (Å²) in [4.78, 5) is 9.98. The first-order valence-electron chi connectivity index (χ1n) is 5.82. The van der Waals surface area contributed by atoms with Crippen LogP contribution in [-0.2, 0) is 6.61 Å². The van der Waals surface area contributed by atoms with Crippen molar-refractivity contribution in [1.29, 1.82) is 0 Å². The van der Waals surface area contributed by atoms with Crippen LogP contribution in [0.2, 0.25) is 0 Å². The van der Waals surface area contributed by atoms with Crippen LogP contribution in [0.5, 0.6) is 11.5 Å². The number of nitro groups is 1. The van der Waals surface area contributed by atoms with Crippen molar-refractivity contribution >= 4 is 5.69 Å². The van der Waals surface area contributed by atoms with Crippen molar-refractivity contribution in [3.63, 3.8) is 0 Å². The Morgan fingerprint density at radius 2 is 2.10 bits per heavy atom. The first-order chi connectivity index (χ1) is 9.47. The number of hydrogen-bond acceptors (Lipinski definition) is 4. The lowest BCUT2D eigenvalue weighted by Gasteiger charge is -2.10. The summed E-state index contributed by atoms with van der Waals surface area (Å²) in [6.07, 6.45) is 0. The molecule has 0 unspecified atom stereocenters. The molecule has 0 saturated heterocycles. The summed E-state index contributed by atoms with van der Waals surface area (Å²) in [6, 6.07) is 8.07. The van der Waals surface area contributed by atoms with Gasteiger partial charge in [0.25, 0.3) is 5.69 Å². The van der Waals surface area contributed by atoms with E-state index in [1.165, 1.54) is 18.2 Å². The third-order valence-corrected chi connectivity index (χ3v) is 2.80. The maximum absolute atomic E-state index is 13.3. The molecule has 5 nitrogen and oxygen atoms in total. The number of phenols is 1. The molecule has 0 aliphatic carbocycles. The Labute approximate surface area is 114 Å². The minimum atomic E-state index is -0.689. The molecular weight excluding hydrogens is 265 g/mol. The van der Waals surface area contributed by atoms with Crippen LogP contribution in [0.25, 0.3) is 0 Å². The Balaban J connectivity index is 2.19. The Bertz CT molecular complexity index is 658. The first kappa shape index (κ1) is 13.8. The lowest BCUT2D eigenvalue weighted by molar-refractivity contribution is -0.385. The zero-order valence-electron chi connectivity index (χ0n) is 10.7. The van der Waals surface area contributed by atoms with E-state index >= 15 is 0 Å². The third kappa shape index (κ3) is 3.03. The highest BCUT2D eigenvalue weighted by Gasteiger charge is 2.11. The minimum absolute atomic E-state index is 0.0249. The lowest BCUT2D eigenvalue weighted by Crippen LogP contribution is -1.99. The average Bonchev–Trinajstić information content (AvgIpc) is 2.40. The fourth-order valence-corrected chi connectivity index (χ4v) is 1.74. The van der Waals surface area contributed by atoms with E-state index in [1.54, 1.807) is 19.1 Å². The average molecular weight is 277 g/mol. The first-order valence-corrected chi connectivity index (χ1v) is 5.82. The van der Waals surface area contributed by atoms with E-state index < -0.39 is 10.7 Å². The molecule has 2 rings (SSSR count). The van der Waals surface area contributed by atoms with E-state index in [-0.39, 0.29) is 18.0 Å². The van der Waals surface area contributed by atoms with Gasteiger partial charge in [-0.3, -0.25) is 10.1 Å². The molecule has 0 aromatic heterocycles. The molecule has 2 aromatic carbocycles. The number of hydrogen-bond donors (Lipinski definition) is 1. The summed E-state index contributed by atoms with van der Waals surface area (Å²) in [5, 5.41) is 20.2. The molecule has 0 spiro atoms. The number of ether oxygens (including phenoxy) is 1. The molecule has 6 heteroatoms. The summed E-state index contributed by atoms with van der Waals surface area (Å²) in [5.41, 5.74) is 0.578. The number of non-ortho nitro benzene ring substituents is 1. The number of benzene rings is 2. The molecule has 2 aromatic rings. The molecule has 104 valence electrons. The van der Waals surface area contributed by atoms with Crippen molar-refractivity contribution in [3.05, 3.63) is 63.5 Å². The van der Waals surface area contributed by atoms with Gasteiger partial charge in [-0.05, 0) is 30.7 Å². The van der Waals surface area contributed by atoms with Crippen molar-refractivity contribution in [2.45, 2.75) is 13.5 Å². The van der Waals surface area contributed by atoms with Gasteiger partial charge >= 0.3 is 0 Å². The van der Waals surface area contributed by atoms with Gasteiger partial charge in [0.2, 0.25) is 0 Å². The van der Waals surface area contributed by atoms with Crippen molar-refractivity contribution < 1.29 is 19.2 Å². The van der Waals surface area contributed by atoms with Gasteiger partial charge in [-0.25, -0.2) is 4.39 Å². The molecular formula is C14H12FNO4. The molecule has 0 heterocycles. The summed E-state index contributed by atoms with van der Waals surface area (Å²) in [7, 11) is 0. The smallest absolute Gasteiger partial charge is 0.272 e. The van der Waals surface area contributed by atoms with Gasteiger partial charge in [0.1, 0.15) is 23.9 Å². The van der Waals surface area contributed by atoms with Crippen LogP contribution in [0, 0.1) is 22.9 Å². The molecule has 0 aliphatic heterocycles. The lowest BCUT2D eigenvalue weighted by atomic mass is 10.2. The van der Waals surface area contributed by atoms with Gasteiger partial charge in [-0.15, -0.1) is 0 Å². The third-order valence-electron chi connectivity index (χ3n) is 2.80. The van der Waals surface area contributed by atoms with Gasteiger partial charge in [-0.1, -0.05) is 6.07 Å². The van der Waals surface area contributed by atoms with E-state index in [1.807, 2.05) is 0 Å². The van der Waals surface area contributed by atoms with Gasteiger partial charge in [-0.2, -0.15) is 0 Å². The summed E-state index contributed by atoms with van der Waals surface area (Å²) < 4.78 is 18.7. The number of halogens is 1. The predicted octanol–water partition coefficient (Wildman–Crippen LogP) is 3.33. The van der Waals surface area contributed by atoms with Crippen molar-refractivity contribution in [2.75, 3.05) is 0 Å².